The fraction of sp³-hybridized carbons (Fsp3) is 0.500. The van der Waals surface area contributed by atoms with Crippen molar-refractivity contribution in [2.24, 2.45) is 22.7 Å². The second-order valence-electron chi connectivity index (χ2n) is 7.79. The largest absolute Gasteiger partial charge is 0.447 e. The van der Waals surface area contributed by atoms with Gasteiger partial charge in [-0.3, -0.25) is 5.41 Å². The molecule has 4 rings (SSSR count). The first-order chi connectivity index (χ1) is 13.3. The Morgan fingerprint density at radius 1 is 1.18 bits per heavy atom. The molecule has 28 heavy (non-hydrogen) atoms. The maximum Gasteiger partial charge on any atom is 0.217 e. The molecule has 8 heteroatoms. The SMILES string of the molecule is CC1CCC23OC(=N)C(C#N)(C2C1)C(C#N)(C#N)C(c1ccc(Cl)cc1Cl)O3. The molecule has 1 saturated carbocycles. The Hall–Kier alpha value is -2.30. The molecule has 2 heterocycles. The summed E-state index contributed by atoms with van der Waals surface area (Å²) in [7, 11) is 0. The summed E-state index contributed by atoms with van der Waals surface area (Å²) >= 11 is 12.4. The van der Waals surface area contributed by atoms with Crippen LogP contribution in [0.3, 0.4) is 0 Å². The summed E-state index contributed by atoms with van der Waals surface area (Å²) in [5.74, 6) is -1.91. The van der Waals surface area contributed by atoms with Crippen LogP contribution < -0.4 is 0 Å². The van der Waals surface area contributed by atoms with Gasteiger partial charge in [-0.2, -0.15) is 15.8 Å². The van der Waals surface area contributed by atoms with Crippen LogP contribution in [0.2, 0.25) is 10.0 Å². The minimum atomic E-state index is -1.99. The molecular formula is C20H16Cl2N4O2. The fourth-order valence-corrected chi connectivity index (χ4v) is 5.53. The Morgan fingerprint density at radius 3 is 2.50 bits per heavy atom. The van der Waals surface area contributed by atoms with Crippen LogP contribution in [0.1, 0.15) is 37.9 Å². The van der Waals surface area contributed by atoms with E-state index in [0.717, 1.165) is 6.42 Å². The van der Waals surface area contributed by atoms with Crippen LogP contribution >= 0.6 is 23.2 Å². The topological polar surface area (TPSA) is 114 Å². The van der Waals surface area contributed by atoms with Crippen molar-refractivity contribution in [1.29, 1.82) is 21.2 Å². The third-order valence-electron chi connectivity index (χ3n) is 6.42. The molecule has 0 radical (unpaired) electrons. The fourth-order valence-electron chi connectivity index (χ4n) is 5.02. The van der Waals surface area contributed by atoms with Crippen molar-refractivity contribution < 1.29 is 9.47 Å². The molecule has 2 aliphatic heterocycles. The van der Waals surface area contributed by atoms with Gasteiger partial charge in [0.15, 0.2) is 5.41 Å². The molecule has 3 fully saturated rings. The van der Waals surface area contributed by atoms with Crippen molar-refractivity contribution >= 4 is 29.1 Å². The number of benzene rings is 1. The van der Waals surface area contributed by atoms with Crippen molar-refractivity contribution in [2.75, 3.05) is 0 Å². The zero-order valence-electron chi connectivity index (χ0n) is 15.0. The minimum absolute atomic E-state index is 0.227. The molecule has 5 unspecified atom stereocenters. The molecule has 2 bridgehead atoms. The summed E-state index contributed by atoms with van der Waals surface area (Å²) < 4.78 is 12.2. The molecular weight excluding hydrogens is 399 g/mol. The van der Waals surface area contributed by atoms with Gasteiger partial charge >= 0.3 is 0 Å². The lowest BCUT2D eigenvalue weighted by molar-refractivity contribution is -0.298. The Bertz CT molecular complexity index is 993. The van der Waals surface area contributed by atoms with Crippen LogP contribution in [0.25, 0.3) is 0 Å². The second kappa shape index (κ2) is 6.10. The predicted octanol–water partition coefficient (Wildman–Crippen LogP) is 4.75. The van der Waals surface area contributed by atoms with Gasteiger partial charge in [-0.05, 0) is 30.9 Å². The Balaban J connectivity index is 2.01. The number of nitrogens with zero attached hydrogens (tertiary/aromatic N) is 3. The first-order valence-electron chi connectivity index (χ1n) is 8.95. The molecule has 1 aromatic rings. The second-order valence-corrected chi connectivity index (χ2v) is 8.63. The predicted molar refractivity (Wildman–Crippen MR) is 100 cm³/mol. The Morgan fingerprint density at radius 2 is 1.89 bits per heavy atom. The van der Waals surface area contributed by atoms with Gasteiger partial charge in [0.05, 0.1) is 24.1 Å². The highest BCUT2D eigenvalue weighted by molar-refractivity contribution is 6.35. The number of hydrogen-bond donors (Lipinski definition) is 1. The summed E-state index contributed by atoms with van der Waals surface area (Å²) in [4.78, 5) is 0. The zero-order chi connectivity index (χ0) is 20.3. The molecule has 1 aliphatic carbocycles. The van der Waals surface area contributed by atoms with Crippen molar-refractivity contribution in [3.63, 3.8) is 0 Å². The van der Waals surface area contributed by atoms with Gasteiger partial charge < -0.3 is 9.47 Å². The van der Waals surface area contributed by atoms with Gasteiger partial charge in [0.25, 0.3) is 0 Å². The van der Waals surface area contributed by atoms with E-state index in [1.807, 2.05) is 19.1 Å². The third kappa shape index (κ3) is 2.08. The van der Waals surface area contributed by atoms with E-state index in [1.165, 1.54) is 6.07 Å². The lowest BCUT2D eigenvalue weighted by Gasteiger charge is -2.52. The number of nitrogens with one attached hydrogen (secondary N) is 1. The maximum absolute atomic E-state index is 10.3. The standard InChI is InChI=1S/C20H16Cl2N4O2/c1-11-4-5-20-15(6-11)19(10-25,17(26)28-20)18(8-23,9-24)16(27-20)13-3-2-12(21)7-14(13)22/h2-3,7,11,15-16,26H,4-6H2,1H3. The van der Waals surface area contributed by atoms with E-state index in [-0.39, 0.29) is 16.8 Å². The molecule has 3 aliphatic rings. The number of rotatable bonds is 1. The highest BCUT2D eigenvalue weighted by Gasteiger charge is 2.80. The lowest BCUT2D eigenvalue weighted by atomic mass is 9.50. The Labute approximate surface area is 172 Å². The maximum atomic E-state index is 10.3. The van der Waals surface area contributed by atoms with Gasteiger partial charge in [-0.25, -0.2) is 0 Å². The van der Waals surface area contributed by atoms with Crippen molar-refractivity contribution in [1.82, 2.24) is 0 Å². The molecule has 5 atom stereocenters. The van der Waals surface area contributed by atoms with E-state index in [9.17, 15) is 15.8 Å². The minimum Gasteiger partial charge on any atom is -0.447 e. The van der Waals surface area contributed by atoms with Crippen molar-refractivity contribution in [3.8, 4) is 18.2 Å². The van der Waals surface area contributed by atoms with Crippen LogP contribution in [0.5, 0.6) is 0 Å². The zero-order valence-corrected chi connectivity index (χ0v) is 16.5. The number of ether oxygens (including phenoxy) is 2. The molecule has 2 saturated heterocycles. The summed E-state index contributed by atoms with van der Waals surface area (Å²) in [6, 6.07) is 10.9. The third-order valence-corrected chi connectivity index (χ3v) is 6.98. The molecule has 6 nitrogen and oxygen atoms in total. The Kier molecular flexibility index (Phi) is 4.15. The quantitative estimate of drug-likeness (QED) is 0.711. The van der Waals surface area contributed by atoms with E-state index in [0.29, 0.717) is 23.4 Å². The highest BCUT2D eigenvalue weighted by Crippen LogP contribution is 2.70. The number of hydrogen-bond acceptors (Lipinski definition) is 6. The monoisotopic (exact) mass is 414 g/mol. The number of nitriles is 3. The summed E-state index contributed by atoms with van der Waals surface area (Å²) in [6.07, 6.45) is 0.638. The van der Waals surface area contributed by atoms with Crippen LogP contribution in [0.15, 0.2) is 18.2 Å². The normalized spacial score (nSPS) is 37.7. The first-order valence-corrected chi connectivity index (χ1v) is 9.70. The van der Waals surface area contributed by atoms with Gasteiger partial charge in [-0.15, -0.1) is 0 Å². The number of halogens is 2. The van der Waals surface area contributed by atoms with Crippen molar-refractivity contribution in [3.05, 3.63) is 33.8 Å². The van der Waals surface area contributed by atoms with Crippen LogP contribution in [-0.2, 0) is 9.47 Å². The molecule has 0 spiro atoms. The van der Waals surface area contributed by atoms with Gasteiger partial charge in [0, 0.05) is 22.0 Å². The molecule has 142 valence electrons. The van der Waals surface area contributed by atoms with E-state index in [1.54, 1.807) is 12.1 Å². The van der Waals surface area contributed by atoms with Crippen LogP contribution in [0.4, 0.5) is 0 Å². The average molecular weight is 415 g/mol. The molecule has 1 N–H and O–H groups in total. The first kappa shape index (κ1) is 19.0. The van der Waals surface area contributed by atoms with E-state index in [4.69, 9.17) is 38.1 Å². The van der Waals surface area contributed by atoms with E-state index in [2.05, 4.69) is 6.07 Å². The average Bonchev–Trinajstić information content (AvgIpc) is 2.86. The summed E-state index contributed by atoms with van der Waals surface area (Å²) in [5.41, 5.74) is -3.35. The van der Waals surface area contributed by atoms with Gasteiger partial charge in [-0.1, -0.05) is 36.2 Å². The van der Waals surface area contributed by atoms with E-state index >= 15 is 0 Å². The smallest absolute Gasteiger partial charge is 0.217 e. The molecule has 0 aromatic heterocycles. The molecule has 1 aromatic carbocycles. The van der Waals surface area contributed by atoms with Crippen molar-refractivity contribution in [2.45, 2.75) is 38.1 Å². The van der Waals surface area contributed by atoms with Gasteiger partial charge in [0.1, 0.15) is 6.10 Å². The van der Waals surface area contributed by atoms with E-state index < -0.39 is 28.6 Å². The lowest BCUT2D eigenvalue weighted by Crippen LogP contribution is -2.61. The van der Waals surface area contributed by atoms with Crippen LogP contribution in [-0.4, -0.2) is 11.7 Å². The van der Waals surface area contributed by atoms with Gasteiger partial charge in [0.2, 0.25) is 17.1 Å². The highest BCUT2D eigenvalue weighted by atomic mass is 35.5. The summed E-state index contributed by atoms with van der Waals surface area (Å²) in [5, 5.41) is 39.7. The van der Waals surface area contributed by atoms with Crippen LogP contribution in [0, 0.1) is 62.1 Å². The summed E-state index contributed by atoms with van der Waals surface area (Å²) in [6.45, 7) is 2.05. The molecule has 0 amide bonds.